The van der Waals surface area contributed by atoms with Crippen LogP contribution in [0.4, 0.5) is 31.9 Å². The van der Waals surface area contributed by atoms with Crippen LogP contribution >= 0.6 is 11.6 Å². The Labute approximate surface area is 195 Å². The van der Waals surface area contributed by atoms with Gasteiger partial charge in [0.15, 0.2) is 11.6 Å². The molecule has 3 rings (SSSR count). The van der Waals surface area contributed by atoms with Crippen LogP contribution in [0.2, 0.25) is 5.02 Å². The van der Waals surface area contributed by atoms with Crippen molar-refractivity contribution in [3.8, 4) is 5.75 Å². The van der Waals surface area contributed by atoms with Gasteiger partial charge in [-0.1, -0.05) is 18.5 Å². The normalized spacial score (nSPS) is 11.4. The zero-order valence-electron chi connectivity index (χ0n) is 18.1. The van der Waals surface area contributed by atoms with Crippen molar-refractivity contribution in [3.05, 3.63) is 58.7 Å². The molecule has 3 N–H and O–H groups in total. The molecule has 0 radical (unpaired) electrons. The highest BCUT2D eigenvalue weighted by Gasteiger charge is 2.20. The van der Waals surface area contributed by atoms with E-state index in [9.17, 15) is 17.2 Å². The summed E-state index contributed by atoms with van der Waals surface area (Å²) >= 11 is 6.24. The Bertz CT molecular complexity index is 1290. The summed E-state index contributed by atoms with van der Waals surface area (Å²) in [5.41, 5.74) is 0.803. The van der Waals surface area contributed by atoms with Crippen molar-refractivity contribution in [2.75, 3.05) is 23.9 Å². The Morgan fingerprint density at radius 3 is 2.58 bits per heavy atom. The Morgan fingerprint density at radius 2 is 1.97 bits per heavy atom. The molecule has 0 bridgehead atoms. The zero-order chi connectivity index (χ0) is 24.3. The Kier molecular flexibility index (Phi) is 7.35. The SMILES string of the molecule is CCCN(c1ccc(OC)c(Cl)c1)c1nc(Nc2cc(C)c(F)c(S(N)(=O)=O)c2)ncc1F. The number of rotatable bonds is 8. The number of aryl methyl sites for hydroxylation is 1. The first-order valence-electron chi connectivity index (χ1n) is 9.78. The van der Waals surface area contributed by atoms with Crippen molar-refractivity contribution in [2.24, 2.45) is 5.14 Å². The van der Waals surface area contributed by atoms with Gasteiger partial charge in [0.05, 0.1) is 18.3 Å². The lowest BCUT2D eigenvalue weighted by Crippen LogP contribution is -2.21. The monoisotopic (exact) mass is 497 g/mol. The summed E-state index contributed by atoms with van der Waals surface area (Å²) in [6.45, 7) is 3.73. The van der Waals surface area contributed by atoms with Gasteiger partial charge in [0.1, 0.15) is 16.5 Å². The van der Waals surface area contributed by atoms with E-state index in [4.69, 9.17) is 21.5 Å². The van der Waals surface area contributed by atoms with Crippen molar-refractivity contribution in [1.29, 1.82) is 0 Å². The first kappa shape index (κ1) is 24.6. The quantitative estimate of drug-likeness (QED) is 0.465. The number of aromatic nitrogens is 2. The maximum atomic E-state index is 14.8. The fraction of sp³-hybridized carbons (Fsp3) is 0.238. The van der Waals surface area contributed by atoms with E-state index < -0.39 is 26.6 Å². The van der Waals surface area contributed by atoms with E-state index in [1.807, 2.05) is 6.92 Å². The number of nitrogens with one attached hydrogen (secondary N) is 1. The summed E-state index contributed by atoms with van der Waals surface area (Å²) in [5, 5.41) is 8.23. The number of nitrogens with zero attached hydrogens (tertiary/aromatic N) is 3. The van der Waals surface area contributed by atoms with E-state index in [0.29, 0.717) is 29.4 Å². The fourth-order valence-corrected chi connectivity index (χ4v) is 4.11. The van der Waals surface area contributed by atoms with Crippen molar-refractivity contribution < 1.29 is 21.9 Å². The molecule has 0 aliphatic heterocycles. The molecule has 2 aromatic carbocycles. The average molecular weight is 498 g/mol. The first-order chi connectivity index (χ1) is 15.5. The van der Waals surface area contributed by atoms with Crippen LogP contribution in [0, 0.1) is 18.6 Å². The number of primary sulfonamides is 1. The molecule has 0 saturated heterocycles. The maximum Gasteiger partial charge on any atom is 0.241 e. The molecule has 1 heterocycles. The van der Waals surface area contributed by atoms with E-state index in [1.54, 1.807) is 23.1 Å². The van der Waals surface area contributed by atoms with Crippen LogP contribution in [0.1, 0.15) is 18.9 Å². The fourth-order valence-electron chi connectivity index (χ4n) is 3.16. The molecule has 0 aliphatic rings. The van der Waals surface area contributed by atoms with E-state index in [1.165, 1.54) is 20.1 Å². The summed E-state index contributed by atoms with van der Waals surface area (Å²) in [7, 11) is -2.81. The summed E-state index contributed by atoms with van der Waals surface area (Å²) in [5.74, 6) is -1.21. The third-order valence-electron chi connectivity index (χ3n) is 4.66. The predicted octanol–water partition coefficient (Wildman–Crippen LogP) is 4.66. The van der Waals surface area contributed by atoms with Gasteiger partial charge in [-0.3, -0.25) is 0 Å². The van der Waals surface area contributed by atoms with Crippen LogP contribution in [-0.2, 0) is 10.0 Å². The third-order valence-corrected chi connectivity index (χ3v) is 5.86. The van der Waals surface area contributed by atoms with Gasteiger partial charge in [-0.2, -0.15) is 4.98 Å². The van der Waals surface area contributed by atoms with Crippen molar-refractivity contribution >= 4 is 44.8 Å². The van der Waals surface area contributed by atoms with Gasteiger partial charge in [0.2, 0.25) is 16.0 Å². The van der Waals surface area contributed by atoms with Crippen LogP contribution in [0.3, 0.4) is 0 Å². The molecule has 0 fully saturated rings. The molecule has 0 spiro atoms. The van der Waals surface area contributed by atoms with Gasteiger partial charge in [-0.15, -0.1) is 0 Å². The molecule has 0 saturated carbocycles. The van der Waals surface area contributed by atoms with Gasteiger partial charge in [-0.25, -0.2) is 27.3 Å². The van der Waals surface area contributed by atoms with Gasteiger partial charge in [0.25, 0.3) is 0 Å². The Morgan fingerprint density at radius 1 is 1.24 bits per heavy atom. The predicted molar refractivity (Wildman–Crippen MR) is 123 cm³/mol. The van der Waals surface area contributed by atoms with Crippen LogP contribution in [0.5, 0.6) is 5.75 Å². The minimum Gasteiger partial charge on any atom is -0.495 e. The highest BCUT2D eigenvalue weighted by molar-refractivity contribution is 7.89. The molecule has 8 nitrogen and oxygen atoms in total. The number of ether oxygens (including phenoxy) is 1. The Balaban J connectivity index is 2.02. The highest BCUT2D eigenvalue weighted by Crippen LogP contribution is 2.34. The zero-order valence-corrected chi connectivity index (χ0v) is 19.6. The molecule has 33 heavy (non-hydrogen) atoms. The summed E-state index contributed by atoms with van der Waals surface area (Å²) in [6, 6.07) is 7.40. The number of hydrogen-bond donors (Lipinski definition) is 2. The molecule has 0 aliphatic carbocycles. The second-order valence-corrected chi connectivity index (χ2v) is 9.05. The van der Waals surface area contributed by atoms with Gasteiger partial charge in [-0.05, 0) is 49.2 Å². The van der Waals surface area contributed by atoms with Crippen molar-refractivity contribution in [2.45, 2.75) is 25.2 Å². The number of nitrogens with two attached hydrogens (primary N) is 1. The van der Waals surface area contributed by atoms with E-state index in [0.717, 1.165) is 12.3 Å². The van der Waals surface area contributed by atoms with E-state index in [2.05, 4.69) is 15.3 Å². The molecule has 0 unspecified atom stereocenters. The Hall–Kier alpha value is -3.02. The van der Waals surface area contributed by atoms with Crippen LogP contribution in [0.25, 0.3) is 0 Å². The largest absolute Gasteiger partial charge is 0.495 e. The van der Waals surface area contributed by atoms with Crippen molar-refractivity contribution in [3.63, 3.8) is 0 Å². The van der Waals surface area contributed by atoms with Crippen LogP contribution in [-0.4, -0.2) is 32.0 Å². The number of anilines is 4. The highest BCUT2D eigenvalue weighted by atomic mass is 35.5. The van der Waals surface area contributed by atoms with Crippen LogP contribution in [0.15, 0.2) is 41.4 Å². The smallest absolute Gasteiger partial charge is 0.241 e. The van der Waals surface area contributed by atoms with Gasteiger partial charge in [0, 0.05) is 17.9 Å². The number of benzene rings is 2. The topological polar surface area (TPSA) is 110 Å². The average Bonchev–Trinajstić information content (AvgIpc) is 2.75. The van der Waals surface area contributed by atoms with Gasteiger partial charge >= 0.3 is 0 Å². The number of halogens is 3. The number of hydrogen-bond acceptors (Lipinski definition) is 7. The summed E-state index contributed by atoms with van der Waals surface area (Å²) in [4.78, 5) is 9.12. The molecule has 12 heteroatoms. The third kappa shape index (κ3) is 5.49. The minimum absolute atomic E-state index is 0.0268. The number of methoxy groups -OCH3 is 1. The lowest BCUT2D eigenvalue weighted by atomic mass is 10.2. The standard InChI is InChI=1S/C21H22ClF2N5O3S/c1-4-7-29(14-5-6-17(32-3)15(22)10-14)20-16(23)11-26-21(28-20)27-13-8-12(2)19(24)18(9-13)33(25,30)31/h5-6,8-11H,4,7H2,1-3H3,(H2,25,30,31)(H,26,27,28). The first-order valence-corrected chi connectivity index (χ1v) is 11.7. The molecule has 3 aromatic rings. The summed E-state index contributed by atoms with van der Waals surface area (Å²) in [6.07, 6.45) is 1.65. The minimum atomic E-state index is -4.30. The van der Waals surface area contributed by atoms with Crippen molar-refractivity contribution in [1.82, 2.24) is 9.97 Å². The van der Waals surface area contributed by atoms with Crippen LogP contribution < -0.4 is 20.1 Å². The lowest BCUT2D eigenvalue weighted by molar-refractivity contribution is 0.415. The van der Waals surface area contributed by atoms with Gasteiger partial charge < -0.3 is 15.0 Å². The second kappa shape index (κ2) is 9.86. The lowest BCUT2D eigenvalue weighted by Gasteiger charge is -2.24. The molecule has 1 aromatic heterocycles. The maximum absolute atomic E-state index is 14.8. The molecule has 0 amide bonds. The second-order valence-electron chi connectivity index (χ2n) is 7.11. The molecule has 176 valence electrons. The number of sulfonamides is 1. The van der Waals surface area contributed by atoms with E-state index >= 15 is 0 Å². The molecule has 0 atom stereocenters. The van der Waals surface area contributed by atoms with E-state index in [-0.39, 0.29) is 23.0 Å². The summed E-state index contributed by atoms with van der Waals surface area (Å²) < 4.78 is 57.5. The molecular formula is C21H22ClF2N5O3S. The molecular weight excluding hydrogens is 476 g/mol.